The largest absolute Gasteiger partial charge is 0.508 e. The van der Waals surface area contributed by atoms with Gasteiger partial charge in [0.15, 0.2) is 5.82 Å². The van der Waals surface area contributed by atoms with E-state index >= 15 is 4.39 Å². The van der Waals surface area contributed by atoms with Crippen molar-refractivity contribution in [1.82, 2.24) is 20.1 Å². The van der Waals surface area contributed by atoms with Crippen molar-refractivity contribution in [2.24, 2.45) is 11.8 Å². The molecule has 0 bridgehead atoms. The van der Waals surface area contributed by atoms with Gasteiger partial charge in [-0.2, -0.15) is 18.3 Å². The first-order valence-corrected chi connectivity index (χ1v) is 13.5. The summed E-state index contributed by atoms with van der Waals surface area (Å²) in [6.45, 7) is 3.95. The van der Waals surface area contributed by atoms with E-state index in [9.17, 15) is 22.7 Å². The van der Waals surface area contributed by atoms with E-state index in [1.54, 1.807) is 6.07 Å². The number of nitrogens with one attached hydrogen (secondary N) is 1. The summed E-state index contributed by atoms with van der Waals surface area (Å²) in [5, 5.41) is 27.7. The van der Waals surface area contributed by atoms with Crippen LogP contribution in [0, 0.1) is 35.8 Å². The number of phenols is 1. The van der Waals surface area contributed by atoms with Crippen LogP contribution in [0.2, 0.25) is 0 Å². The Morgan fingerprint density at radius 2 is 1.83 bits per heavy atom. The van der Waals surface area contributed by atoms with E-state index in [1.165, 1.54) is 18.2 Å². The number of alkyl halides is 3. The van der Waals surface area contributed by atoms with Crippen molar-refractivity contribution in [2.75, 3.05) is 13.1 Å². The van der Waals surface area contributed by atoms with Crippen molar-refractivity contribution < 1.29 is 37.0 Å². The second kappa shape index (κ2) is 9.94. The van der Waals surface area contributed by atoms with Gasteiger partial charge in [-0.15, -0.1) is 6.42 Å². The van der Waals surface area contributed by atoms with Gasteiger partial charge >= 0.3 is 12.1 Å². The molecule has 2 aromatic heterocycles. The third kappa shape index (κ3) is 4.52. The fraction of sp³-hybridized carbons (Fsp3) is 0.367. The first-order valence-electron chi connectivity index (χ1n) is 13.5. The van der Waals surface area contributed by atoms with E-state index in [2.05, 4.69) is 11.2 Å². The molecule has 3 atom stereocenters. The SMILES string of the molecule is C#Cc1c(F)ccc2cc(O)cc(-c3nc(CC)c4c(C5[C@H]6CNC[C@@H]56)nn(C5CC5)c4c3F)c12.O=C(O)C(F)(F)F. The van der Waals surface area contributed by atoms with Crippen molar-refractivity contribution in [3.63, 3.8) is 0 Å². The number of hydrogen-bond donors (Lipinski definition) is 3. The quantitative estimate of drug-likeness (QED) is 0.211. The summed E-state index contributed by atoms with van der Waals surface area (Å²) in [5.74, 6) is -0.0401. The van der Waals surface area contributed by atoms with Crippen LogP contribution in [0.5, 0.6) is 5.75 Å². The number of aromatic nitrogens is 3. The normalized spacial score (nSPS) is 21.1. The molecule has 1 unspecified atom stereocenters. The lowest BCUT2D eigenvalue weighted by Gasteiger charge is -2.14. The molecule has 3 heterocycles. The molecule has 7 rings (SSSR count). The highest BCUT2D eigenvalue weighted by atomic mass is 19.4. The zero-order valence-electron chi connectivity index (χ0n) is 22.3. The van der Waals surface area contributed by atoms with Crippen LogP contribution in [0.25, 0.3) is 32.9 Å². The standard InChI is InChI=1S/C28H24F2N4O.C2HF3O2/c1-3-16-20(29)8-5-13-9-15(35)10-17(22(13)16)26-25(30)28-24(21(4-2)32-26)27(33-34(28)14-6-7-14)23-18-11-31-12-19(18)23;3-2(4,5)1(6)7/h1,5,8-10,14,18-19,23,31,35H,4,6-7,11-12H2,2H3;(H,6,7)/t18-,19+,23?;. The van der Waals surface area contributed by atoms with Gasteiger partial charge in [-0.3, -0.25) is 4.68 Å². The number of hydrogen-bond acceptors (Lipinski definition) is 5. The number of carboxylic acids is 1. The summed E-state index contributed by atoms with van der Waals surface area (Å²) in [6.07, 6.45) is 3.11. The number of halogens is 5. The van der Waals surface area contributed by atoms with E-state index in [1.807, 2.05) is 11.6 Å². The number of aryl methyl sites for hydroxylation is 1. The van der Waals surface area contributed by atoms with Crippen molar-refractivity contribution in [3.8, 4) is 29.4 Å². The number of carbonyl (C=O) groups is 1. The molecule has 1 saturated heterocycles. The number of pyridine rings is 1. The van der Waals surface area contributed by atoms with E-state index in [-0.39, 0.29) is 23.0 Å². The molecule has 218 valence electrons. The highest BCUT2D eigenvalue weighted by molar-refractivity contribution is 6.02. The van der Waals surface area contributed by atoms with Crippen molar-refractivity contribution >= 4 is 27.6 Å². The molecular weight excluding hydrogens is 559 g/mol. The smallest absolute Gasteiger partial charge is 0.490 e. The Balaban J connectivity index is 0.000000405. The average molecular weight is 585 g/mol. The topological polar surface area (TPSA) is 100 Å². The Kier molecular flexibility index (Phi) is 6.61. The number of phenolic OH excluding ortho intramolecular Hbond substituents is 1. The summed E-state index contributed by atoms with van der Waals surface area (Å²) in [4.78, 5) is 13.7. The zero-order chi connectivity index (χ0) is 30.1. The van der Waals surface area contributed by atoms with Crippen molar-refractivity contribution in [3.05, 3.63) is 52.9 Å². The maximum absolute atomic E-state index is 16.5. The minimum absolute atomic E-state index is 0.0338. The lowest BCUT2D eigenvalue weighted by atomic mass is 9.95. The Bertz CT molecular complexity index is 1800. The van der Waals surface area contributed by atoms with Crippen LogP contribution in [-0.2, 0) is 11.2 Å². The first-order chi connectivity index (χ1) is 20.0. The Labute approximate surface area is 236 Å². The summed E-state index contributed by atoms with van der Waals surface area (Å²) in [6, 6.07) is 5.91. The second-order valence-electron chi connectivity index (χ2n) is 10.8. The predicted molar refractivity (Wildman–Crippen MR) is 144 cm³/mol. The zero-order valence-corrected chi connectivity index (χ0v) is 22.3. The van der Waals surface area contributed by atoms with Crippen molar-refractivity contribution in [2.45, 2.75) is 44.3 Å². The van der Waals surface area contributed by atoms with Gasteiger partial charge < -0.3 is 15.5 Å². The molecule has 2 aliphatic carbocycles. The molecule has 3 aliphatic rings. The van der Waals surface area contributed by atoms with Gasteiger partial charge in [0.1, 0.15) is 22.8 Å². The lowest BCUT2D eigenvalue weighted by molar-refractivity contribution is -0.192. The van der Waals surface area contributed by atoms with Gasteiger partial charge in [0, 0.05) is 22.3 Å². The van der Waals surface area contributed by atoms with Gasteiger partial charge in [0.05, 0.1) is 23.0 Å². The second-order valence-corrected chi connectivity index (χ2v) is 10.8. The predicted octanol–water partition coefficient (Wildman–Crippen LogP) is 5.68. The molecule has 0 amide bonds. The minimum atomic E-state index is -5.08. The maximum Gasteiger partial charge on any atom is 0.490 e. The number of aromatic hydroxyl groups is 1. The fourth-order valence-electron chi connectivity index (χ4n) is 6.13. The fourth-order valence-corrected chi connectivity index (χ4v) is 6.13. The van der Waals surface area contributed by atoms with Gasteiger partial charge in [0.2, 0.25) is 0 Å². The van der Waals surface area contributed by atoms with Crippen LogP contribution >= 0.6 is 0 Å². The monoisotopic (exact) mass is 584 g/mol. The molecule has 42 heavy (non-hydrogen) atoms. The molecule has 2 saturated carbocycles. The van der Waals surface area contributed by atoms with Gasteiger partial charge in [-0.25, -0.2) is 18.6 Å². The number of piperidine rings is 1. The highest BCUT2D eigenvalue weighted by Crippen LogP contribution is 2.58. The van der Waals surface area contributed by atoms with Gasteiger partial charge in [-0.1, -0.05) is 18.9 Å². The van der Waals surface area contributed by atoms with Crippen LogP contribution in [0.1, 0.15) is 48.7 Å². The number of aliphatic carboxylic acids is 1. The molecule has 7 nitrogen and oxygen atoms in total. The third-order valence-corrected chi connectivity index (χ3v) is 8.22. The molecular formula is C30H25F5N4O3. The van der Waals surface area contributed by atoms with E-state index < -0.39 is 23.8 Å². The number of carboxylic acid groups (broad SMARTS) is 1. The molecule has 4 aromatic rings. The van der Waals surface area contributed by atoms with Gasteiger partial charge in [-0.05, 0) is 67.8 Å². The third-order valence-electron chi connectivity index (χ3n) is 8.22. The summed E-state index contributed by atoms with van der Waals surface area (Å²) in [7, 11) is 0. The van der Waals surface area contributed by atoms with Crippen LogP contribution in [0.3, 0.4) is 0 Å². The molecule has 0 radical (unpaired) electrons. The molecule has 12 heteroatoms. The number of fused-ring (bicyclic) bond motifs is 3. The van der Waals surface area contributed by atoms with E-state index in [0.29, 0.717) is 46.0 Å². The first kappa shape index (κ1) is 27.9. The number of nitrogens with zero attached hydrogens (tertiary/aromatic N) is 3. The van der Waals surface area contributed by atoms with Crippen LogP contribution in [0.15, 0.2) is 24.3 Å². The Morgan fingerprint density at radius 3 is 2.40 bits per heavy atom. The molecule has 3 N–H and O–H groups in total. The maximum atomic E-state index is 16.5. The number of terminal acetylenes is 1. The summed E-state index contributed by atoms with van der Waals surface area (Å²) in [5.41, 5.74) is 2.60. The van der Waals surface area contributed by atoms with Crippen LogP contribution in [-0.4, -0.2) is 50.2 Å². The Morgan fingerprint density at radius 1 is 1.17 bits per heavy atom. The summed E-state index contributed by atoms with van der Waals surface area (Å²) >= 11 is 0. The highest BCUT2D eigenvalue weighted by Gasteiger charge is 2.56. The van der Waals surface area contributed by atoms with Crippen LogP contribution < -0.4 is 5.32 Å². The molecule has 2 aromatic carbocycles. The molecule has 3 fully saturated rings. The van der Waals surface area contributed by atoms with Gasteiger partial charge in [0.25, 0.3) is 0 Å². The minimum Gasteiger partial charge on any atom is -0.508 e. The molecule has 0 spiro atoms. The lowest BCUT2D eigenvalue weighted by Crippen LogP contribution is -2.21. The number of rotatable bonds is 4. The average Bonchev–Trinajstić information content (AvgIpc) is 3.82. The van der Waals surface area contributed by atoms with Crippen LogP contribution in [0.4, 0.5) is 22.0 Å². The van der Waals surface area contributed by atoms with E-state index in [4.69, 9.17) is 26.4 Å². The summed E-state index contributed by atoms with van der Waals surface area (Å²) < 4.78 is 64.8. The Hall–Kier alpha value is -4.24. The molecule has 1 aliphatic heterocycles. The van der Waals surface area contributed by atoms with E-state index in [0.717, 1.165) is 42.7 Å². The number of benzene rings is 2. The van der Waals surface area contributed by atoms with Crippen molar-refractivity contribution in [1.29, 1.82) is 0 Å².